The molecule has 0 bridgehead atoms. The van der Waals surface area contributed by atoms with Gasteiger partial charge in [-0.3, -0.25) is 4.79 Å². The summed E-state index contributed by atoms with van der Waals surface area (Å²) in [5, 5.41) is 70.2. The normalized spacial score (nSPS) is 34.4. The average molecular weight is 552 g/mol. The number of phenolic OH excluding ortho intramolecular Hbond substituents is 2. The SMILES string of the molecule is C=C[C@H]1[C@H](O[C@@H]2O[C@H](CO)[C@@H](O)[C@H](O)[C@H]2O)OC=C(C(=O)O)[C@H]1C[C@H]1c2cc(O)c(O)cc2CCN1C(C)=O. The van der Waals surface area contributed by atoms with E-state index >= 15 is 0 Å². The number of fused-ring (bicyclic) bond motifs is 1. The second kappa shape index (κ2) is 11.5. The first kappa shape index (κ1) is 28.8. The smallest absolute Gasteiger partial charge is 0.334 e. The van der Waals surface area contributed by atoms with E-state index in [2.05, 4.69) is 6.58 Å². The summed E-state index contributed by atoms with van der Waals surface area (Å²) in [6.45, 7) is 4.81. The zero-order valence-corrected chi connectivity index (χ0v) is 21.2. The van der Waals surface area contributed by atoms with Crippen LogP contribution in [-0.4, -0.2) is 103 Å². The van der Waals surface area contributed by atoms with Gasteiger partial charge in [0.1, 0.15) is 24.4 Å². The number of amides is 1. The number of aromatic hydroxyl groups is 2. The number of carboxylic acid groups (broad SMARTS) is 1. The Labute approximate surface area is 223 Å². The van der Waals surface area contributed by atoms with Crippen LogP contribution in [0.3, 0.4) is 0 Å². The van der Waals surface area contributed by atoms with Gasteiger partial charge in [-0.25, -0.2) is 4.79 Å². The van der Waals surface area contributed by atoms with Gasteiger partial charge in [0.05, 0.1) is 24.5 Å². The number of carbonyl (C=O) groups excluding carboxylic acids is 1. The fourth-order valence-corrected chi connectivity index (χ4v) is 5.52. The molecule has 0 saturated carbocycles. The van der Waals surface area contributed by atoms with E-state index in [1.807, 2.05) is 0 Å². The summed E-state index contributed by atoms with van der Waals surface area (Å²) < 4.78 is 16.8. The highest BCUT2D eigenvalue weighted by Gasteiger charge is 2.48. The number of hydrogen-bond donors (Lipinski definition) is 7. The van der Waals surface area contributed by atoms with Crippen LogP contribution in [0.15, 0.2) is 36.6 Å². The molecule has 0 unspecified atom stereocenters. The van der Waals surface area contributed by atoms with Crippen molar-refractivity contribution in [3.8, 4) is 11.5 Å². The third-order valence-electron chi connectivity index (χ3n) is 7.62. The van der Waals surface area contributed by atoms with E-state index in [0.717, 1.165) is 6.26 Å². The molecule has 0 aromatic heterocycles. The molecule has 13 heteroatoms. The Morgan fingerprint density at radius 1 is 1.13 bits per heavy atom. The maximum absolute atomic E-state index is 12.6. The van der Waals surface area contributed by atoms with Crippen molar-refractivity contribution >= 4 is 11.9 Å². The third kappa shape index (κ3) is 5.46. The van der Waals surface area contributed by atoms with E-state index in [1.54, 1.807) is 4.90 Å². The van der Waals surface area contributed by atoms with E-state index < -0.39 is 67.4 Å². The minimum absolute atomic E-state index is 0.0452. The molecular formula is C26H33NO12. The largest absolute Gasteiger partial charge is 0.504 e. The lowest BCUT2D eigenvalue weighted by Crippen LogP contribution is -2.60. The zero-order valence-electron chi connectivity index (χ0n) is 21.2. The summed E-state index contributed by atoms with van der Waals surface area (Å²) >= 11 is 0. The highest BCUT2D eigenvalue weighted by atomic mass is 16.8. The van der Waals surface area contributed by atoms with Crippen molar-refractivity contribution in [3.63, 3.8) is 0 Å². The molecule has 39 heavy (non-hydrogen) atoms. The summed E-state index contributed by atoms with van der Waals surface area (Å²) in [5.41, 5.74) is 1.12. The molecule has 0 aliphatic carbocycles. The molecule has 7 N–H and O–H groups in total. The predicted molar refractivity (Wildman–Crippen MR) is 131 cm³/mol. The maximum atomic E-state index is 12.6. The number of rotatable bonds is 7. The van der Waals surface area contributed by atoms with Gasteiger partial charge in [-0.15, -0.1) is 6.58 Å². The molecule has 13 nitrogen and oxygen atoms in total. The zero-order chi connectivity index (χ0) is 28.6. The third-order valence-corrected chi connectivity index (χ3v) is 7.62. The Bertz CT molecular complexity index is 1140. The topological polar surface area (TPSA) is 207 Å². The number of hydrogen-bond acceptors (Lipinski definition) is 11. The van der Waals surface area contributed by atoms with Crippen LogP contribution >= 0.6 is 0 Å². The van der Waals surface area contributed by atoms with Crippen LogP contribution in [0, 0.1) is 11.8 Å². The van der Waals surface area contributed by atoms with E-state index in [0.29, 0.717) is 24.1 Å². The van der Waals surface area contributed by atoms with Crippen molar-refractivity contribution in [2.45, 2.75) is 62.8 Å². The molecule has 1 amide bonds. The second-order valence-electron chi connectivity index (χ2n) is 9.89. The summed E-state index contributed by atoms with van der Waals surface area (Å²) in [4.78, 5) is 26.3. The van der Waals surface area contributed by atoms with Gasteiger partial charge >= 0.3 is 5.97 Å². The predicted octanol–water partition coefficient (Wildman–Crippen LogP) is -0.507. The fraction of sp³-hybridized carbons (Fsp3) is 0.538. The number of nitrogens with zero attached hydrogens (tertiary/aromatic N) is 1. The van der Waals surface area contributed by atoms with Crippen molar-refractivity contribution < 1.29 is 59.5 Å². The van der Waals surface area contributed by atoms with Gasteiger partial charge in [-0.2, -0.15) is 0 Å². The number of benzene rings is 1. The molecule has 1 aromatic carbocycles. The van der Waals surface area contributed by atoms with Gasteiger partial charge in [0, 0.05) is 25.3 Å². The molecule has 4 rings (SSSR count). The minimum atomic E-state index is -1.71. The van der Waals surface area contributed by atoms with Crippen molar-refractivity contribution in [1.29, 1.82) is 0 Å². The Kier molecular flexibility index (Phi) is 8.49. The number of aliphatic hydroxyl groups excluding tert-OH is 4. The molecule has 0 spiro atoms. The number of carboxylic acids is 1. The summed E-state index contributed by atoms with van der Waals surface area (Å²) in [6.07, 6.45) is -6.18. The first-order valence-corrected chi connectivity index (χ1v) is 12.5. The number of aliphatic hydroxyl groups is 4. The maximum Gasteiger partial charge on any atom is 0.334 e. The second-order valence-corrected chi connectivity index (χ2v) is 9.89. The molecule has 1 fully saturated rings. The van der Waals surface area contributed by atoms with Crippen LogP contribution < -0.4 is 0 Å². The van der Waals surface area contributed by atoms with Crippen molar-refractivity contribution in [1.82, 2.24) is 4.90 Å². The lowest BCUT2D eigenvalue weighted by Gasteiger charge is -2.44. The van der Waals surface area contributed by atoms with Gasteiger partial charge < -0.3 is 54.9 Å². The summed E-state index contributed by atoms with van der Waals surface area (Å²) in [7, 11) is 0. The standard InChI is InChI=1S/C26H33NO12/c1-3-13-15(7-17-14-8-19(31)18(30)6-12(14)4-5-27(17)11(2)29)16(24(35)36)10-37-25(13)39-26-23(34)22(33)21(32)20(9-28)38-26/h3,6,8,10,13,15,17,20-23,25-26,28,30-34H,1,4-5,7,9H2,2H3,(H,35,36)/t13-,15+,17+,20-,21-,22+,23-,25+,26+/m1/s1. The molecule has 9 atom stereocenters. The van der Waals surface area contributed by atoms with Crippen LogP contribution in [-0.2, 0) is 30.2 Å². The highest BCUT2D eigenvalue weighted by molar-refractivity contribution is 5.87. The molecule has 3 aliphatic rings. The molecule has 1 aromatic rings. The van der Waals surface area contributed by atoms with Gasteiger partial charge in [-0.05, 0) is 36.1 Å². The quantitative estimate of drug-likeness (QED) is 0.169. The fourth-order valence-electron chi connectivity index (χ4n) is 5.52. The van der Waals surface area contributed by atoms with Crippen molar-refractivity contribution in [2.24, 2.45) is 11.8 Å². The molecule has 0 radical (unpaired) electrons. The van der Waals surface area contributed by atoms with E-state index in [1.165, 1.54) is 25.1 Å². The van der Waals surface area contributed by atoms with Crippen molar-refractivity contribution in [3.05, 3.63) is 47.7 Å². The van der Waals surface area contributed by atoms with Gasteiger partial charge in [0.2, 0.25) is 12.2 Å². The lowest BCUT2D eigenvalue weighted by molar-refractivity contribution is -0.339. The molecule has 3 aliphatic heterocycles. The van der Waals surface area contributed by atoms with Crippen LogP contribution in [0.4, 0.5) is 0 Å². The van der Waals surface area contributed by atoms with E-state index in [-0.39, 0.29) is 29.4 Å². The van der Waals surface area contributed by atoms with Gasteiger partial charge in [-0.1, -0.05) is 6.08 Å². The first-order chi connectivity index (χ1) is 18.5. The lowest BCUT2D eigenvalue weighted by atomic mass is 9.76. The average Bonchev–Trinajstić information content (AvgIpc) is 2.89. The van der Waals surface area contributed by atoms with Crippen LogP contribution in [0.2, 0.25) is 0 Å². The first-order valence-electron chi connectivity index (χ1n) is 12.5. The molecular weight excluding hydrogens is 518 g/mol. The molecule has 3 heterocycles. The highest BCUT2D eigenvalue weighted by Crippen LogP contribution is 2.45. The van der Waals surface area contributed by atoms with E-state index in [4.69, 9.17) is 14.2 Å². The Balaban J connectivity index is 1.67. The number of carbonyl (C=O) groups is 2. The van der Waals surface area contributed by atoms with Crippen LogP contribution in [0.1, 0.15) is 30.5 Å². The number of aliphatic carboxylic acids is 1. The van der Waals surface area contributed by atoms with Gasteiger partial charge in [0.25, 0.3) is 0 Å². The molecule has 1 saturated heterocycles. The van der Waals surface area contributed by atoms with Crippen LogP contribution in [0.25, 0.3) is 0 Å². The summed E-state index contributed by atoms with van der Waals surface area (Å²) in [6, 6.07) is 2.10. The summed E-state index contributed by atoms with van der Waals surface area (Å²) in [5.74, 6) is -3.95. The Hall–Kier alpha value is -3.20. The Morgan fingerprint density at radius 2 is 1.82 bits per heavy atom. The number of ether oxygens (including phenoxy) is 3. The monoisotopic (exact) mass is 551 g/mol. The van der Waals surface area contributed by atoms with Gasteiger partial charge in [0.15, 0.2) is 17.8 Å². The minimum Gasteiger partial charge on any atom is -0.504 e. The van der Waals surface area contributed by atoms with Crippen molar-refractivity contribution in [2.75, 3.05) is 13.2 Å². The van der Waals surface area contributed by atoms with E-state index in [9.17, 15) is 45.3 Å². The number of phenols is 2. The van der Waals surface area contributed by atoms with Crippen LogP contribution in [0.5, 0.6) is 11.5 Å². The Morgan fingerprint density at radius 3 is 2.44 bits per heavy atom. The molecule has 214 valence electrons.